The van der Waals surface area contributed by atoms with Gasteiger partial charge < -0.3 is 24.4 Å². The lowest BCUT2D eigenvalue weighted by atomic mass is 9.58. The third-order valence-corrected chi connectivity index (χ3v) is 7.62. The number of fused-ring (bicyclic) bond motifs is 2. The maximum atomic E-state index is 6.43. The van der Waals surface area contributed by atoms with Crippen LogP contribution >= 0.6 is 0 Å². The van der Waals surface area contributed by atoms with E-state index in [1.807, 2.05) is 6.92 Å². The molecular weight excluding hydrogens is 372 g/mol. The molecule has 1 saturated carbocycles. The second-order valence-electron chi connectivity index (χ2n) is 10.1. The Morgan fingerprint density at radius 1 is 1.07 bits per heavy atom. The summed E-state index contributed by atoms with van der Waals surface area (Å²) in [5, 5.41) is 3.46. The molecule has 0 radical (unpaired) electrons. The summed E-state index contributed by atoms with van der Waals surface area (Å²) in [6.07, 6.45) is 4.67. The lowest BCUT2D eigenvalue weighted by Gasteiger charge is -2.60. The van der Waals surface area contributed by atoms with Crippen LogP contribution in [0.5, 0.6) is 0 Å². The minimum absolute atomic E-state index is 0.240. The maximum absolute atomic E-state index is 6.43. The van der Waals surface area contributed by atoms with Gasteiger partial charge in [-0.25, -0.2) is 9.78 Å². The molecule has 0 unspecified atom stereocenters. The Morgan fingerprint density at radius 3 is 2.69 bits per heavy atom. The van der Waals surface area contributed by atoms with Crippen molar-refractivity contribution in [2.24, 2.45) is 23.7 Å². The lowest BCUT2D eigenvalue weighted by Crippen LogP contribution is -2.70. The van der Waals surface area contributed by atoms with E-state index in [-0.39, 0.29) is 12.2 Å². The predicted molar refractivity (Wildman–Crippen MR) is 109 cm³/mol. The molecule has 5 aliphatic rings. The van der Waals surface area contributed by atoms with Gasteiger partial charge in [-0.3, -0.25) is 0 Å². The average molecular weight is 413 g/mol. The summed E-state index contributed by atoms with van der Waals surface area (Å²) in [5.74, 6) is 0.822. The van der Waals surface area contributed by atoms with Crippen LogP contribution in [0.4, 0.5) is 0 Å². The van der Waals surface area contributed by atoms with Gasteiger partial charge in [0.1, 0.15) is 0 Å². The van der Waals surface area contributed by atoms with Gasteiger partial charge in [0.05, 0.1) is 6.61 Å². The van der Waals surface area contributed by atoms with Crippen LogP contribution in [0.1, 0.15) is 52.9 Å². The number of hydrogen-bond acceptors (Lipinski definition) is 7. The largest absolute Gasteiger partial charge is 0.351 e. The standard InChI is InChI=1S/C22H40N2O5/c1-15-7-8-18-16(2)19(25-14-12-23-11-6-13-24(4)5)26-20-22(18)17(15)9-10-21(3,27-20)28-29-22/h15-20,23H,6-14H2,1-5H3/t15-,16-,17+,18+,19+,20-,21-,22-/m1/s1. The highest BCUT2D eigenvalue weighted by molar-refractivity contribution is 5.09. The molecule has 2 bridgehead atoms. The van der Waals surface area contributed by atoms with Crippen LogP contribution in [0.15, 0.2) is 0 Å². The van der Waals surface area contributed by atoms with Crippen molar-refractivity contribution in [2.75, 3.05) is 40.3 Å². The number of nitrogens with zero attached hydrogens (tertiary/aromatic N) is 1. The van der Waals surface area contributed by atoms with E-state index in [4.69, 9.17) is 24.0 Å². The fourth-order valence-corrected chi connectivity index (χ4v) is 5.96. The van der Waals surface area contributed by atoms with Crippen molar-refractivity contribution in [3.8, 4) is 0 Å². The number of nitrogens with one attached hydrogen (secondary N) is 1. The summed E-state index contributed by atoms with van der Waals surface area (Å²) in [5.41, 5.74) is -0.503. The van der Waals surface area contributed by atoms with Gasteiger partial charge in [0.15, 0.2) is 18.2 Å². The van der Waals surface area contributed by atoms with Gasteiger partial charge in [-0.2, -0.15) is 0 Å². The molecular formula is C22H40N2O5. The van der Waals surface area contributed by atoms with E-state index in [9.17, 15) is 0 Å². The minimum Gasteiger partial charge on any atom is -0.351 e. The van der Waals surface area contributed by atoms with Crippen molar-refractivity contribution < 1.29 is 24.0 Å². The van der Waals surface area contributed by atoms with Gasteiger partial charge in [0, 0.05) is 24.8 Å². The quantitative estimate of drug-likeness (QED) is 0.486. The van der Waals surface area contributed by atoms with Crippen molar-refractivity contribution in [3.05, 3.63) is 0 Å². The van der Waals surface area contributed by atoms with Gasteiger partial charge in [0.25, 0.3) is 0 Å². The third-order valence-electron chi connectivity index (χ3n) is 7.62. The van der Waals surface area contributed by atoms with Crippen LogP contribution in [0.25, 0.3) is 0 Å². The molecule has 5 rings (SSSR count). The van der Waals surface area contributed by atoms with Gasteiger partial charge in [-0.05, 0) is 71.6 Å². The molecule has 29 heavy (non-hydrogen) atoms. The van der Waals surface area contributed by atoms with E-state index in [1.54, 1.807) is 0 Å². The van der Waals surface area contributed by atoms with E-state index in [2.05, 4.69) is 38.2 Å². The molecule has 8 atom stereocenters. The highest BCUT2D eigenvalue weighted by Crippen LogP contribution is 2.60. The Kier molecular flexibility index (Phi) is 6.57. The summed E-state index contributed by atoms with van der Waals surface area (Å²) >= 11 is 0. The Bertz CT molecular complexity index is 563. The minimum atomic E-state index is -0.726. The molecule has 0 aromatic rings. The fourth-order valence-electron chi connectivity index (χ4n) is 5.96. The zero-order chi connectivity index (χ0) is 20.6. The zero-order valence-corrected chi connectivity index (χ0v) is 18.8. The Morgan fingerprint density at radius 2 is 1.90 bits per heavy atom. The first-order valence-electron chi connectivity index (χ1n) is 11.5. The Balaban J connectivity index is 1.38. The van der Waals surface area contributed by atoms with Gasteiger partial charge in [-0.1, -0.05) is 13.8 Å². The van der Waals surface area contributed by atoms with Gasteiger partial charge in [0.2, 0.25) is 5.79 Å². The van der Waals surface area contributed by atoms with E-state index in [0.29, 0.717) is 24.4 Å². The summed E-state index contributed by atoms with van der Waals surface area (Å²) in [7, 11) is 4.21. The topological polar surface area (TPSA) is 61.4 Å². The second-order valence-corrected chi connectivity index (χ2v) is 10.1. The molecule has 0 amide bonds. The first kappa shape index (κ1) is 21.9. The molecule has 1 aliphatic carbocycles. The van der Waals surface area contributed by atoms with Crippen LogP contribution in [-0.2, 0) is 24.0 Å². The molecule has 7 nitrogen and oxygen atoms in total. The number of rotatable bonds is 8. The maximum Gasteiger partial charge on any atom is 0.201 e. The van der Waals surface area contributed by atoms with Crippen molar-refractivity contribution in [1.29, 1.82) is 0 Å². The first-order valence-corrected chi connectivity index (χ1v) is 11.5. The highest BCUT2D eigenvalue weighted by Gasteiger charge is 2.69. The normalized spacial score (nSPS) is 46.6. The second kappa shape index (κ2) is 8.69. The zero-order valence-electron chi connectivity index (χ0n) is 18.8. The molecule has 4 saturated heterocycles. The van der Waals surface area contributed by atoms with Gasteiger partial charge >= 0.3 is 0 Å². The summed E-state index contributed by atoms with van der Waals surface area (Å²) < 4.78 is 19.0. The number of hydrogen-bond donors (Lipinski definition) is 1. The van der Waals surface area contributed by atoms with Crippen molar-refractivity contribution in [3.63, 3.8) is 0 Å². The smallest absolute Gasteiger partial charge is 0.201 e. The van der Waals surface area contributed by atoms with E-state index >= 15 is 0 Å². The fraction of sp³-hybridized carbons (Fsp3) is 1.00. The summed E-state index contributed by atoms with van der Waals surface area (Å²) in [4.78, 5) is 14.2. The first-order chi connectivity index (χ1) is 13.9. The van der Waals surface area contributed by atoms with Crippen LogP contribution in [-0.4, -0.2) is 69.2 Å². The van der Waals surface area contributed by atoms with Crippen LogP contribution in [0.3, 0.4) is 0 Å². The lowest BCUT2D eigenvalue weighted by molar-refractivity contribution is -0.577. The SMILES string of the molecule is C[C@H]1[C@@H](OCCNCCCN(C)C)O[C@@H]2O[C@@]3(C)CC[C@H]4[C@H](C)CC[C@@H]1[C@@]24OO3. The average Bonchev–Trinajstić information content (AvgIpc) is 2.90. The third kappa shape index (κ3) is 4.12. The molecule has 7 heteroatoms. The van der Waals surface area contributed by atoms with E-state index in [1.165, 1.54) is 6.42 Å². The molecule has 0 aromatic carbocycles. The predicted octanol–water partition coefficient (Wildman–Crippen LogP) is 2.75. The Labute approximate surface area is 175 Å². The monoisotopic (exact) mass is 412 g/mol. The molecule has 1 spiro atoms. The molecule has 4 heterocycles. The van der Waals surface area contributed by atoms with Crippen LogP contribution < -0.4 is 5.32 Å². The van der Waals surface area contributed by atoms with Crippen LogP contribution in [0, 0.1) is 23.7 Å². The van der Waals surface area contributed by atoms with Crippen molar-refractivity contribution in [2.45, 2.75) is 76.8 Å². The highest BCUT2D eigenvalue weighted by atomic mass is 17.3. The Hall–Kier alpha value is -0.280. The molecule has 5 fully saturated rings. The molecule has 4 aliphatic heterocycles. The van der Waals surface area contributed by atoms with Crippen molar-refractivity contribution in [1.82, 2.24) is 10.2 Å². The van der Waals surface area contributed by atoms with E-state index < -0.39 is 17.7 Å². The summed E-state index contributed by atoms with van der Waals surface area (Å²) in [6.45, 7) is 10.1. The van der Waals surface area contributed by atoms with Crippen LogP contribution in [0.2, 0.25) is 0 Å². The summed E-state index contributed by atoms with van der Waals surface area (Å²) in [6, 6.07) is 0. The molecule has 0 aromatic heterocycles. The molecule has 168 valence electrons. The van der Waals surface area contributed by atoms with Gasteiger partial charge in [-0.15, -0.1) is 0 Å². The van der Waals surface area contributed by atoms with E-state index in [0.717, 1.165) is 45.3 Å². The molecule has 1 N–H and O–H groups in total. The van der Waals surface area contributed by atoms with Crippen molar-refractivity contribution >= 4 is 0 Å². The number of ether oxygens (including phenoxy) is 3.